The number of hydrogen-bond acceptors (Lipinski definition) is 1. The van der Waals surface area contributed by atoms with Crippen molar-refractivity contribution in [3.63, 3.8) is 0 Å². The predicted molar refractivity (Wildman–Crippen MR) is 35.1 cm³/mol. The Hall–Kier alpha value is 0.757. The first-order valence-corrected chi connectivity index (χ1v) is 6.03. The highest BCUT2D eigenvalue weighted by Gasteiger charge is 2.02. The fourth-order valence-corrected chi connectivity index (χ4v) is 1.85. The van der Waals surface area contributed by atoms with Crippen LogP contribution in [0.1, 0.15) is 13.8 Å². The van der Waals surface area contributed by atoms with Crippen LogP contribution in [0.15, 0.2) is 0 Å². The van der Waals surface area contributed by atoms with E-state index in [2.05, 4.69) is 0 Å². The summed E-state index contributed by atoms with van der Waals surface area (Å²) >= 11 is 10.7. The summed E-state index contributed by atoms with van der Waals surface area (Å²) in [5.41, 5.74) is 0. The molecule has 0 bridgehead atoms. The van der Waals surface area contributed by atoms with Crippen LogP contribution in [0.2, 0.25) is 0 Å². The van der Waals surface area contributed by atoms with Crippen molar-refractivity contribution in [2.45, 2.75) is 20.0 Å². The first-order valence-electron chi connectivity index (χ1n) is 2.06. The van der Waals surface area contributed by atoms with Gasteiger partial charge in [0.1, 0.15) is 0 Å². The molecule has 0 aromatic carbocycles. The lowest BCUT2D eigenvalue weighted by atomic mass is 10.5. The van der Waals surface area contributed by atoms with E-state index < -0.39 is 7.66 Å². The SMILES string of the molecule is CC(C)O[SiH](Cl)Cl. The number of halogens is 2. The zero-order valence-corrected chi connectivity index (χ0v) is 6.99. The molecule has 0 N–H and O–H groups in total. The van der Waals surface area contributed by atoms with Crippen molar-refractivity contribution >= 4 is 29.8 Å². The molecule has 0 aromatic heterocycles. The summed E-state index contributed by atoms with van der Waals surface area (Å²) in [5, 5.41) is 0. The van der Waals surface area contributed by atoms with E-state index in [0.717, 1.165) is 0 Å². The van der Waals surface area contributed by atoms with Gasteiger partial charge < -0.3 is 4.43 Å². The van der Waals surface area contributed by atoms with E-state index in [1.807, 2.05) is 13.8 Å². The molecule has 0 aliphatic rings. The summed E-state index contributed by atoms with van der Waals surface area (Å²) in [4.78, 5) is 0. The molecular weight excluding hydrogens is 151 g/mol. The van der Waals surface area contributed by atoms with Gasteiger partial charge in [0.05, 0.1) is 0 Å². The first kappa shape index (κ1) is 7.76. The highest BCUT2D eigenvalue weighted by atomic mass is 35.7. The van der Waals surface area contributed by atoms with Gasteiger partial charge in [-0.05, 0) is 13.8 Å². The molecule has 0 spiro atoms. The standard InChI is InChI=1S/C3H8Cl2OSi/c1-3(2)6-7(4)5/h3,7H,1-2H3. The molecule has 44 valence electrons. The van der Waals surface area contributed by atoms with Crippen LogP contribution in [0, 0.1) is 0 Å². The van der Waals surface area contributed by atoms with E-state index in [4.69, 9.17) is 26.6 Å². The van der Waals surface area contributed by atoms with Crippen LogP contribution in [-0.4, -0.2) is 13.8 Å². The summed E-state index contributed by atoms with van der Waals surface area (Å²) in [6.07, 6.45) is 0.173. The highest BCUT2D eigenvalue weighted by molar-refractivity contribution is 7.30. The second-order valence-corrected chi connectivity index (χ2v) is 5.29. The summed E-state index contributed by atoms with van der Waals surface area (Å²) in [6.45, 7) is 3.82. The molecule has 0 saturated carbocycles. The van der Waals surface area contributed by atoms with Crippen LogP contribution < -0.4 is 0 Å². The minimum Gasteiger partial charge on any atom is -0.392 e. The average molecular weight is 159 g/mol. The van der Waals surface area contributed by atoms with Crippen molar-refractivity contribution in [3.8, 4) is 0 Å². The van der Waals surface area contributed by atoms with Gasteiger partial charge in [0, 0.05) is 6.10 Å². The van der Waals surface area contributed by atoms with Crippen molar-refractivity contribution in [1.82, 2.24) is 0 Å². The summed E-state index contributed by atoms with van der Waals surface area (Å²) < 4.78 is 4.92. The quantitative estimate of drug-likeness (QED) is 0.439. The maximum Gasteiger partial charge on any atom is 0.373 e. The van der Waals surface area contributed by atoms with Crippen LogP contribution in [-0.2, 0) is 4.43 Å². The molecule has 0 rings (SSSR count). The predicted octanol–water partition coefficient (Wildman–Crippen LogP) is 1.61. The van der Waals surface area contributed by atoms with Crippen LogP contribution in [0.4, 0.5) is 0 Å². The Morgan fingerprint density at radius 1 is 1.43 bits per heavy atom. The first-order chi connectivity index (χ1) is 3.13. The normalized spacial score (nSPS) is 11.1. The fraction of sp³-hybridized carbons (Fsp3) is 1.00. The molecule has 0 heterocycles. The fourth-order valence-electron chi connectivity index (χ4n) is 0.206. The van der Waals surface area contributed by atoms with Crippen LogP contribution >= 0.6 is 22.2 Å². The Morgan fingerprint density at radius 3 is 1.86 bits per heavy atom. The summed E-state index contributed by atoms with van der Waals surface area (Å²) in [5.74, 6) is 0. The Balaban J connectivity index is 2.95. The number of hydrogen-bond donors (Lipinski definition) is 0. The third-order valence-corrected chi connectivity index (χ3v) is 1.74. The molecule has 0 fully saturated rings. The lowest BCUT2D eigenvalue weighted by Crippen LogP contribution is -2.09. The lowest BCUT2D eigenvalue weighted by Gasteiger charge is -2.04. The summed E-state index contributed by atoms with van der Waals surface area (Å²) in [7, 11) is -1.78. The van der Waals surface area contributed by atoms with Crippen molar-refractivity contribution < 1.29 is 4.43 Å². The number of rotatable bonds is 2. The minimum atomic E-state index is -1.78. The van der Waals surface area contributed by atoms with Crippen LogP contribution in [0.5, 0.6) is 0 Å². The van der Waals surface area contributed by atoms with Gasteiger partial charge in [0.2, 0.25) is 0 Å². The van der Waals surface area contributed by atoms with Gasteiger partial charge >= 0.3 is 7.66 Å². The third kappa shape index (κ3) is 6.76. The van der Waals surface area contributed by atoms with Crippen molar-refractivity contribution in [1.29, 1.82) is 0 Å². The Kier molecular flexibility index (Phi) is 4.12. The molecule has 0 radical (unpaired) electrons. The van der Waals surface area contributed by atoms with E-state index in [0.29, 0.717) is 0 Å². The van der Waals surface area contributed by atoms with Gasteiger partial charge in [-0.25, -0.2) is 0 Å². The van der Waals surface area contributed by atoms with Gasteiger partial charge in [-0.3, -0.25) is 0 Å². The van der Waals surface area contributed by atoms with Gasteiger partial charge in [-0.15, -0.1) is 22.2 Å². The van der Waals surface area contributed by atoms with Crippen molar-refractivity contribution in [3.05, 3.63) is 0 Å². The van der Waals surface area contributed by atoms with Gasteiger partial charge in [0.15, 0.2) is 0 Å². The lowest BCUT2D eigenvalue weighted by molar-refractivity contribution is 0.259. The van der Waals surface area contributed by atoms with Crippen LogP contribution in [0.3, 0.4) is 0 Å². The van der Waals surface area contributed by atoms with Crippen molar-refractivity contribution in [2.24, 2.45) is 0 Å². The Bertz CT molecular complexity index is 42.2. The smallest absolute Gasteiger partial charge is 0.373 e. The van der Waals surface area contributed by atoms with Crippen molar-refractivity contribution in [2.75, 3.05) is 0 Å². The van der Waals surface area contributed by atoms with E-state index in [1.165, 1.54) is 0 Å². The molecule has 0 atom stereocenters. The van der Waals surface area contributed by atoms with E-state index in [9.17, 15) is 0 Å². The molecule has 0 amide bonds. The molecule has 0 aromatic rings. The molecule has 0 unspecified atom stereocenters. The largest absolute Gasteiger partial charge is 0.392 e. The third-order valence-electron chi connectivity index (χ3n) is 0.375. The molecule has 0 aliphatic heterocycles. The second kappa shape index (κ2) is 3.72. The maximum atomic E-state index is 5.35. The molecule has 4 heteroatoms. The topological polar surface area (TPSA) is 9.23 Å². The molecular formula is C3H8Cl2OSi. The summed E-state index contributed by atoms with van der Waals surface area (Å²) in [6, 6.07) is 0. The van der Waals surface area contributed by atoms with Gasteiger partial charge in [0.25, 0.3) is 0 Å². The Labute approximate surface area is 54.7 Å². The average Bonchev–Trinajstić information content (AvgIpc) is 1.27. The molecule has 7 heavy (non-hydrogen) atoms. The van der Waals surface area contributed by atoms with Gasteiger partial charge in [-0.1, -0.05) is 0 Å². The minimum absolute atomic E-state index is 0.173. The van der Waals surface area contributed by atoms with Crippen LogP contribution in [0.25, 0.3) is 0 Å². The Morgan fingerprint density at radius 2 is 1.86 bits per heavy atom. The maximum absolute atomic E-state index is 5.35. The van der Waals surface area contributed by atoms with Gasteiger partial charge in [-0.2, -0.15) is 0 Å². The zero-order chi connectivity index (χ0) is 5.86. The van der Waals surface area contributed by atoms with E-state index >= 15 is 0 Å². The molecule has 0 aliphatic carbocycles. The second-order valence-electron chi connectivity index (χ2n) is 1.45. The van der Waals surface area contributed by atoms with E-state index in [1.54, 1.807) is 0 Å². The molecule has 1 nitrogen and oxygen atoms in total. The molecule has 0 saturated heterocycles. The monoisotopic (exact) mass is 158 g/mol. The van der Waals surface area contributed by atoms with E-state index in [-0.39, 0.29) is 6.10 Å². The highest BCUT2D eigenvalue weighted by Crippen LogP contribution is 2.00. The zero-order valence-electron chi connectivity index (χ0n) is 4.32.